The van der Waals surface area contributed by atoms with E-state index in [0.717, 1.165) is 18.9 Å². The number of hydrogen-bond acceptors (Lipinski definition) is 8. The van der Waals surface area contributed by atoms with Crippen molar-refractivity contribution >= 4 is 29.2 Å². The Morgan fingerprint density at radius 2 is 1.86 bits per heavy atom. The lowest BCUT2D eigenvalue weighted by atomic mass is 9.90. The van der Waals surface area contributed by atoms with E-state index in [9.17, 15) is 19.2 Å². The molecule has 1 amide bonds. The smallest absolute Gasteiger partial charge is 0.407 e. The first-order valence-corrected chi connectivity index (χ1v) is 11.6. The van der Waals surface area contributed by atoms with Gasteiger partial charge in [0, 0.05) is 17.3 Å². The minimum absolute atomic E-state index is 0.00470. The third-order valence-electron chi connectivity index (χ3n) is 5.62. The van der Waals surface area contributed by atoms with Crippen molar-refractivity contribution in [3.8, 4) is 6.07 Å². The predicted molar refractivity (Wildman–Crippen MR) is 130 cm³/mol. The van der Waals surface area contributed by atoms with E-state index < -0.39 is 17.5 Å². The lowest BCUT2D eigenvalue weighted by Crippen LogP contribution is -2.50. The molecule has 1 aliphatic carbocycles. The Kier molecular flexibility index (Phi) is 7.89. The van der Waals surface area contributed by atoms with E-state index in [1.54, 1.807) is 33.8 Å². The molecule has 0 bridgehead atoms. The van der Waals surface area contributed by atoms with E-state index in [4.69, 9.17) is 4.74 Å². The SMILES string of the molecule is CC(=O)c1cc(Nc2nc(N[C@@H]3CCCC[C@@H]3NC(=O)OC(C)(C)C)c(F)cc2C#N)cnc1C. The number of Topliss-reactive ketones (excluding diaryl/α,β-unsaturated/α-hetero) is 1. The number of rotatable bonds is 6. The molecule has 2 aromatic heterocycles. The number of halogens is 1. The molecule has 0 radical (unpaired) electrons. The molecule has 2 aromatic rings. The first-order chi connectivity index (χ1) is 16.5. The van der Waals surface area contributed by atoms with Crippen LogP contribution in [0.25, 0.3) is 0 Å². The molecule has 1 saturated carbocycles. The molecule has 0 unspecified atom stereocenters. The van der Waals surface area contributed by atoms with Gasteiger partial charge in [-0.3, -0.25) is 9.78 Å². The van der Waals surface area contributed by atoms with E-state index in [2.05, 4.69) is 25.9 Å². The van der Waals surface area contributed by atoms with E-state index >= 15 is 0 Å². The molecule has 186 valence electrons. The van der Waals surface area contributed by atoms with Crippen molar-refractivity contribution < 1.29 is 18.7 Å². The molecule has 0 spiro atoms. The second-order valence-corrected chi connectivity index (χ2v) is 9.65. The summed E-state index contributed by atoms with van der Waals surface area (Å²) in [6.07, 6.45) is 4.24. The van der Waals surface area contributed by atoms with Crippen molar-refractivity contribution in [2.24, 2.45) is 0 Å². The maximum absolute atomic E-state index is 14.9. The fraction of sp³-hybridized carbons (Fsp3) is 0.480. The molecule has 0 saturated heterocycles. The number of carbonyl (C=O) groups is 2. The third-order valence-corrected chi connectivity index (χ3v) is 5.62. The number of ketones is 1. The molecule has 1 aliphatic rings. The second kappa shape index (κ2) is 10.7. The summed E-state index contributed by atoms with van der Waals surface area (Å²) in [5.74, 6) is -0.736. The average Bonchev–Trinajstić information content (AvgIpc) is 2.76. The van der Waals surface area contributed by atoms with Gasteiger partial charge in [-0.2, -0.15) is 5.26 Å². The summed E-state index contributed by atoms with van der Waals surface area (Å²) in [5, 5.41) is 18.5. The number of hydrogen-bond donors (Lipinski definition) is 3. The molecule has 10 heteroatoms. The summed E-state index contributed by atoms with van der Waals surface area (Å²) in [5.41, 5.74) is 0.844. The number of nitrogens with one attached hydrogen (secondary N) is 3. The van der Waals surface area contributed by atoms with Crippen LogP contribution in [0.5, 0.6) is 0 Å². The molecule has 3 rings (SSSR count). The summed E-state index contributed by atoms with van der Waals surface area (Å²) >= 11 is 0. The number of aromatic nitrogens is 2. The number of anilines is 3. The molecule has 0 aromatic carbocycles. The van der Waals surface area contributed by atoms with Crippen LogP contribution in [0, 0.1) is 24.1 Å². The largest absolute Gasteiger partial charge is 0.444 e. The molecular formula is C25H31FN6O3. The number of nitrogens with zero attached hydrogens (tertiary/aromatic N) is 3. The van der Waals surface area contributed by atoms with Crippen LogP contribution in [0.3, 0.4) is 0 Å². The maximum Gasteiger partial charge on any atom is 0.407 e. The zero-order valence-corrected chi connectivity index (χ0v) is 20.7. The molecule has 1 fully saturated rings. The highest BCUT2D eigenvalue weighted by Crippen LogP contribution is 2.27. The quantitative estimate of drug-likeness (QED) is 0.491. The van der Waals surface area contributed by atoms with Gasteiger partial charge in [0.05, 0.1) is 23.5 Å². The maximum atomic E-state index is 14.9. The number of aryl methyl sites for hydroxylation is 1. The van der Waals surface area contributed by atoms with Crippen molar-refractivity contribution in [3.63, 3.8) is 0 Å². The van der Waals surface area contributed by atoms with Crippen LogP contribution in [0.4, 0.5) is 26.5 Å². The Bertz CT molecular complexity index is 1160. The van der Waals surface area contributed by atoms with Gasteiger partial charge in [0.25, 0.3) is 0 Å². The summed E-state index contributed by atoms with van der Waals surface area (Å²) in [7, 11) is 0. The normalized spacial score (nSPS) is 17.7. The molecule has 3 N–H and O–H groups in total. The number of amides is 1. The number of nitriles is 1. The van der Waals surface area contributed by atoms with E-state index in [1.165, 1.54) is 13.1 Å². The Morgan fingerprint density at radius 1 is 1.17 bits per heavy atom. The molecule has 9 nitrogen and oxygen atoms in total. The first-order valence-electron chi connectivity index (χ1n) is 11.6. The highest BCUT2D eigenvalue weighted by atomic mass is 19.1. The van der Waals surface area contributed by atoms with Crippen molar-refractivity contribution in [3.05, 3.63) is 41.0 Å². The molecular weight excluding hydrogens is 451 g/mol. The average molecular weight is 483 g/mol. The lowest BCUT2D eigenvalue weighted by molar-refractivity contribution is 0.0488. The molecule has 35 heavy (non-hydrogen) atoms. The van der Waals surface area contributed by atoms with Crippen molar-refractivity contribution in [2.75, 3.05) is 10.6 Å². The topological polar surface area (TPSA) is 129 Å². The van der Waals surface area contributed by atoms with Gasteiger partial charge in [-0.05, 0) is 59.6 Å². The van der Waals surface area contributed by atoms with Crippen LogP contribution in [0.15, 0.2) is 18.3 Å². The van der Waals surface area contributed by atoms with E-state index in [-0.39, 0.29) is 35.1 Å². The zero-order valence-electron chi connectivity index (χ0n) is 20.7. The van der Waals surface area contributed by atoms with Crippen LogP contribution >= 0.6 is 0 Å². The highest BCUT2D eigenvalue weighted by Gasteiger charge is 2.29. The van der Waals surface area contributed by atoms with Crippen LogP contribution in [-0.4, -0.2) is 39.5 Å². The van der Waals surface area contributed by atoms with Gasteiger partial charge >= 0.3 is 6.09 Å². The summed E-state index contributed by atoms with van der Waals surface area (Å²) < 4.78 is 20.2. The van der Waals surface area contributed by atoms with Gasteiger partial charge in [0.1, 0.15) is 11.7 Å². The fourth-order valence-electron chi connectivity index (χ4n) is 3.98. The third kappa shape index (κ3) is 6.88. The van der Waals surface area contributed by atoms with Gasteiger partial charge < -0.3 is 20.7 Å². The Balaban J connectivity index is 1.84. The monoisotopic (exact) mass is 482 g/mol. The highest BCUT2D eigenvalue weighted by molar-refractivity contribution is 5.96. The number of pyridine rings is 2. The zero-order chi connectivity index (χ0) is 25.8. The number of carbonyl (C=O) groups excluding carboxylic acids is 2. The van der Waals surface area contributed by atoms with Gasteiger partial charge in [0.2, 0.25) is 0 Å². The lowest BCUT2D eigenvalue weighted by Gasteiger charge is -2.33. The minimum atomic E-state index is -0.680. The van der Waals surface area contributed by atoms with Crippen LogP contribution < -0.4 is 16.0 Å². The molecule has 0 aliphatic heterocycles. The Labute approximate surface area is 204 Å². The van der Waals surface area contributed by atoms with Crippen molar-refractivity contribution in [1.29, 1.82) is 5.26 Å². The number of alkyl carbamates (subject to hydrolysis) is 1. The fourth-order valence-corrected chi connectivity index (χ4v) is 3.98. The van der Waals surface area contributed by atoms with Gasteiger partial charge in [-0.1, -0.05) is 12.8 Å². The Morgan fingerprint density at radius 3 is 2.49 bits per heavy atom. The van der Waals surface area contributed by atoms with Crippen LogP contribution in [0.1, 0.15) is 75.0 Å². The molecule has 2 atom stereocenters. The van der Waals surface area contributed by atoms with Gasteiger partial charge in [-0.25, -0.2) is 14.2 Å². The van der Waals surface area contributed by atoms with Crippen molar-refractivity contribution in [1.82, 2.24) is 15.3 Å². The predicted octanol–water partition coefficient (Wildman–Crippen LogP) is 4.99. The minimum Gasteiger partial charge on any atom is -0.444 e. The van der Waals surface area contributed by atoms with Crippen LogP contribution in [-0.2, 0) is 4.74 Å². The Hall–Kier alpha value is -3.74. The van der Waals surface area contributed by atoms with Gasteiger partial charge in [-0.15, -0.1) is 0 Å². The molecule has 2 heterocycles. The van der Waals surface area contributed by atoms with E-state index in [0.29, 0.717) is 29.8 Å². The van der Waals surface area contributed by atoms with Crippen molar-refractivity contribution in [2.45, 2.75) is 78.0 Å². The van der Waals surface area contributed by atoms with E-state index in [1.807, 2.05) is 6.07 Å². The van der Waals surface area contributed by atoms with Crippen LogP contribution in [0.2, 0.25) is 0 Å². The first kappa shape index (κ1) is 25.9. The summed E-state index contributed by atoms with van der Waals surface area (Å²) in [6.45, 7) is 8.54. The summed E-state index contributed by atoms with van der Waals surface area (Å²) in [4.78, 5) is 32.7. The second-order valence-electron chi connectivity index (χ2n) is 9.65. The van der Waals surface area contributed by atoms with Gasteiger partial charge in [0.15, 0.2) is 23.2 Å². The summed E-state index contributed by atoms with van der Waals surface area (Å²) in [6, 6.07) is 4.11. The number of ether oxygens (including phenoxy) is 1. The standard InChI is InChI=1S/C25H31FN6O3/c1-14-18(15(2)33)11-17(13-28-14)29-22-16(12-27)10-19(26)23(32-22)30-20-8-6-7-9-21(20)31-24(34)35-25(3,4)5/h10-11,13,20-21H,6-9H2,1-5H3,(H,31,34)(H2,29,30,32)/t20-,21+/m1/s1.